The summed E-state index contributed by atoms with van der Waals surface area (Å²) in [5.41, 5.74) is 1.18. The average molecular weight is 372 g/mol. The second-order valence-corrected chi connectivity index (χ2v) is 7.23. The van der Waals surface area contributed by atoms with Gasteiger partial charge in [-0.05, 0) is 24.1 Å². The first kappa shape index (κ1) is 16.6. The van der Waals surface area contributed by atoms with Crippen molar-refractivity contribution in [3.8, 4) is 0 Å². The van der Waals surface area contributed by atoms with E-state index in [1.54, 1.807) is 6.07 Å². The molecule has 2 aromatic heterocycles. The standard InChI is InChI=1S/C17H17FN6OS/c1-3-8(2)12-16(25)23-13-14(22-12)19-7-20-15(13)24-17-21-10-5-4-9(18)6-11(10)26-17/h4-8,12H,3H2,1-2H3,(H,23,25)(H2,19,20,21,22,24). The fourth-order valence-electron chi connectivity index (χ4n) is 2.81. The highest BCUT2D eigenvalue weighted by Crippen LogP contribution is 2.35. The number of hydrogen-bond donors (Lipinski definition) is 3. The van der Waals surface area contributed by atoms with Gasteiger partial charge in [0.1, 0.15) is 23.9 Å². The Bertz CT molecular complexity index is 991. The topological polar surface area (TPSA) is 91.8 Å². The summed E-state index contributed by atoms with van der Waals surface area (Å²) in [5, 5.41) is 9.73. The maximum Gasteiger partial charge on any atom is 0.247 e. The monoisotopic (exact) mass is 372 g/mol. The number of aromatic nitrogens is 3. The molecule has 0 radical (unpaired) electrons. The fraction of sp³-hybridized carbons (Fsp3) is 0.294. The normalized spacial score (nSPS) is 17.3. The molecule has 1 aliphatic rings. The number of carbonyl (C=O) groups is 1. The zero-order valence-corrected chi connectivity index (χ0v) is 15.0. The number of hydrogen-bond acceptors (Lipinski definition) is 7. The molecule has 3 heterocycles. The summed E-state index contributed by atoms with van der Waals surface area (Å²) in [6, 6.07) is 4.10. The van der Waals surface area contributed by atoms with Crippen LogP contribution in [0.5, 0.6) is 0 Å². The summed E-state index contributed by atoms with van der Waals surface area (Å²) >= 11 is 1.31. The number of nitrogens with one attached hydrogen (secondary N) is 3. The van der Waals surface area contributed by atoms with Crippen LogP contribution in [0.15, 0.2) is 24.5 Å². The molecule has 1 aromatic carbocycles. The maximum atomic E-state index is 13.4. The van der Waals surface area contributed by atoms with E-state index in [4.69, 9.17) is 0 Å². The van der Waals surface area contributed by atoms with Crippen LogP contribution in [0, 0.1) is 11.7 Å². The molecule has 26 heavy (non-hydrogen) atoms. The molecule has 2 atom stereocenters. The van der Waals surface area contributed by atoms with Crippen molar-refractivity contribution in [2.45, 2.75) is 26.3 Å². The second kappa shape index (κ2) is 6.49. The Morgan fingerprint density at radius 3 is 3.04 bits per heavy atom. The predicted molar refractivity (Wildman–Crippen MR) is 100 cm³/mol. The number of anilines is 4. The van der Waals surface area contributed by atoms with Crippen molar-refractivity contribution >= 4 is 49.9 Å². The van der Waals surface area contributed by atoms with E-state index in [0.29, 0.717) is 28.0 Å². The van der Waals surface area contributed by atoms with Gasteiger partial charge in [0, 0.05) is 0 Å². The van der Waals surface area contributed by atoms with Crippen LogP contribution in [0.1, 0.15) is 20.3 Å². The minimum absolute atomic E-state index is 0.115. The van der Waals surface area contributed by atoms with Crippen LogP contribution < -0.4 is 16.0 Å². The number of halogens is 1. The third-order valence-electron chi connectivity index (χ3n) is 4.46. The molecular formula is C17H17FN6OS. The number of amides is 1. The molecule has 134 valence electrons. The Kier molecular flexibility index (Phi) is 4.15. The van der Waals surface area contributed by atoms with Crippen LogP contribution in [0.3, 0.4) is 0 Å². The third-order valence-corrected chi connectivity index (χ3v) is 5.39. The van der Waals surface area contributed by atoms with Crippen molar-refractivity contribution in [2.75, 3.05) is 16.0 Å². The molecule has 0 spiro atoms. The predicted octanol–water partition coefficient (Wildman–Crippen LogP) is 3.75. The Labute approximate surface area is 153 Å². The quantitative estimate of drug-likeness (QED) is 0.646. The molecule has 9 heteroatoms. The molecule has 0 saturated carbocycles. The number of carbonyl (C=O) groups excluding carboxylic acids is 1. The van der Waals surface area contributed by atoms with Crippen molar-refractivity contribution in [3.63, 3.8) is 0 Å². The lowest BCUT2D eigenvalue weighted by Gasteiger charge is -2.30. The van der Waals surface area contributed by atoms with E-state index in [-0.39, 0.29) is 23.7 Å². The number of thiazole rings is 1. The van der Waals surface area contributed by atoms with E-state index in [1.807, 2.05) is 13.8 Å². The van der Waals surface area contributed by atoms with Gasteiger partial charge in [0.25, 0.3) is 0 Å². The molecule has 0 fully saturated rings. The summed E-state index contributed by atoms with van der Waals surface area (Å²) in [6.45, 7) is 4.06. The van der Waals surface area contributed by atoms with E-state index < -0.39 is 0 Å². The van der Waals surface area contributed by atoms with E-state index in [9.17, 15) is 9.18 Å². The third kappa shape index (κ3) is 2.94. The van der Waals surface area contributed by atoms with Crippen molar-refractivity contribution in [2.24, 2.45) is 5.92 Å². The molecule has 3 N–H and O–H groups in total. The average Bonchev–Trinajstić information content (AvgIpc) is 3.02. The lowest BCUT2D eigenvalue weighted by atomic mass is 9.97. The largest absolute Gasteiger partial charge is 0.356 e. The summed E-state index contributed by atoms with van der Waals surface area (Å²) in [4.78, 5) is 25.3. The Morgan fingerprint density at radius 2 is 2.23 bits per heavy atom. The van der Waals surface area contributed by atoms with E-state index >= 15 is 0 Å². The van der Waals surface area contributed by atoms with Gasteiger partial charge in [-0.2, -0.15) is 0 Å². The van der Waals surface area contributed by atoms with Crippen LogP contribution in [-0.2, 0) is 4.79 Å². The van der Waals surface area contributed by atoms with Crippen LogP contribution in [0.4, 0.5) is 26.8 Å². The minimum atomic E-state index is -0.333. The second-order valence-electron chi connectivity index (χ2n) is 6.20. The maximum absolute atomic E-state index is 13.4. The van der Waals surface area contributed by atoms with Crippen LogP contribution in [-0.4, -0.2) is 26.9 Å². The minimum Gasteiger partial charge on any atom is -0.356 e. The first-order chi connectivity index (χ1) is 12.5. The van der Waals surface area contributed by atoms with Gasteiger partial charge < -0.3 is 16.0 Å². The van der Waals surface area contributed by atoms with Crippen LogP contribution in [0.2, 0.25) is 0 Å². The van der Waals surface area contributed by atoms with E-state index in [2.05, 4.69) is 30.9 Å². The number of nitrogens with zero attached hydrogens (tertiary/aromatic N) is 3. The van der Waals surface area contributed by atoms with E-state index in [1.165, 1.54) is 29.8 Å². The summed E-state index contributed by atoms with van der Waals surface area (Å²) in [5.74, 6) is 0.766. The number of fused-ring (bicyclic) bond motifs is 2. The highest BCUT2D eigenvalue weighted by atomic mass is 32.1. The number of benzene rings is 1. The first-order valence-corrected chi connectivity index (χ1v) is 9.12. The molecule has 0 saturated heterocycles. The van der Waals surface area contributed by atoms with Crippen molar-refractivity contribution < 1.29 is 9.18 Å². The smallest absolute Gasteiger partial charge is 0.247 e. The van der Waals surface area contributed by atoms with Crippen LogP contribution in [0.25, 0.3) is 10.2 Å². The van der Waals surface area contributed by atoms with Crippen LogP contribution >= 0.6 is 11.3 Å². The molecule has 1 aliphatic heterocycles. The molecule has 4 rings (SSSR count). The lowest BCUT2D eigenvalue weighted by Crippen LogP contribution is -2.43. The first-order valence-electron chi connectivity index (χ1n) is 8.30. The summed E-state index contributed by atoms with van der Waals surface area (Å²) < 4.78 is 14.1. The summed E-state index contributed by atoms with van der Waals surface area (Å²) in [6.07, 6.45) is 2.30. The van der Waals surface area contributed by atoms with Gasteiger partial charge in [0.15, 0.2) is 16.8 Å². The lowest BCUT2D eigenvalue weighted by molar-refractivity contribution is -0.118. The molecule has 7 nitrogen and oxygen atoms in total. The van der Waals surface area contributed by atoms with Gasteiger partial charge >= 0.3 is 0 Å². The highest BCUT2D eigenvalue weighted by Gasteiger charge is 2.31. The SMILES string of the molecule is CCC(C)C1Nc2ncnc(Nc3nc4ccc(F)cc4s3)c2NC1=O. The van der Waals surface area contributed by atoms with Gasteiger partial charge in [0.05, 0.1) is 10.2 Å². The Morgan fingerprint density at radius 1 is 1.38 bits per heavy atom. The fourth-order valence-corrected chi connectivity index (χ4v) is 3.70. The van der Waals surface area contributed by atoms with E-state index in [0.717, 1.165) is 11.1 Å². The number of rotatable bonds is 4. The molecule has 0 aliphatic carbocycles. The molecule has 3 aromatic rings. The van der Waals surface area contributed by atoms with Gasteiger partial charge in [-0.3, -0.25) is 4.79 Å². The van der Waals surface area contributed by atoms with Gasteiger partial charge in [0.2, 0.25) is 5.91 Å². The van der Waals surface area contributed by atoms with Gasteiger partial charge in [-0.25, -0.2) is 19.3 Å². The zero-order valence-electron chi connectivity index (χ0n) is 14.2. The Balaban J connectivity index is 1.65. The van der Waals surface area contributed by atoms with Gasteiger partial charge in [-0.1, -0.05) is 31.6 Å². The zero-order chi connectivity index (χ0) is 18.3. The molecule has 1 amide bonds. The Hall–Kier alpha value is -2.81. The summed E-state index contributed by atoms with van der Waals surface area (Å²) in [7, 11) is 0. The van der Waals surface area contributed by atoms with Crippen molar-refractivity contribution in [3.05, 3.63) is 30.3 Å². The van der Waals surface area contributed by atoms with Crippen molar-refractivity contribution in [1.82, 2.24) is 15.0 Å². The molecule has 0 bridgehead atoms. The molecular weight excluding hydrogens is 355 g/mol. The highest BCUT2D eigenvalue weighted by molar-refractivity contribution is 7.22. The van der Waals surface area contributed by atoms with Gasteiger partial charge in [-0.15, -0.1) is 0 Å². The molecule has 2 unspecified atom stereocenters. The van der Waals surface area contributed by atoms with Crippen molar-refractivity contribution in [1.29, 1.82) is 0 Å².